The molecular formula is C13H16ClN3O3S. The van der Waals surface area contributed by atoms with Gasteiger partial charge in [0.2, 0.25) is 0 Å². The van der Waals surface area contributed by atoms with Gasteiger partial charge in [-0.1, -0.05) is 37.3 Å². The number of halogens is 1. The largest absolute Gasteiger partial charge is 0.383 e. The number of benzene rings is 1. The van der Waals surface area contributed by atoms with Crippen LogP contribution in [0.5, 0.6) is 0 Å². The van der Waals surface area contributed by atoms with Crippen molar-refractivity contribution in [3.8, 4) is 0 Å². The average Bonchev–Trinajstić information content (AvgIpc) is 2.89. The number of aromatic nitrogens is 3. The number of ether oxygens (including phenoxy) is 1. The molecule has 0 saturated heterocycles. The van der Waals surface area contributed by atoms with Crippen molar-refractivity contribution in [2.45, 2.75) is 24.5 Å². The number of rotatable bonds is 6. The third-order valence-corrected chi connectivity index (χ3v) is 4.32. The first-order valence-electron chi connectivity index (χ1n) is 6.36. The van der Waals surface area contributed by atoms with Crippen LogP contribution in [0.1, 0.15) is 24.2 Å². The summed E-state index contributed by atoms with van der Waals surface area (Å²) in [5, 5.41) is 7.48. The van der Waals surface area contributed by atoms with Crippen LogP contribution in [-0.4, -0.2) is 36.9 Å². The molecule has 0 amide bonds. The van der Waals surface area contributed by atoms with Crippen LogP contribution in [0.3, 0.4) is 0 Å². The topological polar surface area (TPSA) is 74.1 Å². The lowest BCUT2D eigenvalue weighted by Crippen LogP contribution is -2.15. The third-order valence-electron chi connectivity index (χ3n) is 3.17. The quantitative estimate of drug-likeness (QED) is 0.758. The van der Waals surface area contributed by atoms with Crippen molar-refractivity contribution in [1.82, 2.24) is 14.8 Å². The number of hydrogen-bond acceptors (Lipinski definition) is 5. The molecule has 2 aromatic rings. The zero-order valence-electron chi connectivity index (χ0n) is 11.7. The maximum atomic E-state index is 11.6. The van der Waals surface area contributed by atoms with Crippen LogP contribution in [0.15, 0.2) is 35.5 Å². The number of nitrogens with zero attached hydrogens (tertiary/aromatic N) is 3. The van der Waals surface area contributed by atoms with Crippen molar-refractivity contribution >= 4 is 19.7 Å². The first-order chi connectivity index (χ1) is 9.95. The van der Waals surface area contributed by atoms with Gasteiger partial charge in [-0.05, 0) is 5.56 Å². The Morgan fingerprint density at radius 3 is 2.52 bits per heavy atom. The van der Waals surface area contributed by atoms with Crippen LogP contribution < -0.4 is 0 Å². The van der Waals surface area contributed by atoms with Gasteiger partial charge < -0.3 is 4.74 Å². The van der Waals surface area contributed by atoms with Crippen LogP contribution in [0, 0.1) is 0 Å². The molecule has 0 spiro atoms. The van der Waals surface area contributed by atoms with Crippen LogP contribution >= 0.6 is 10.7 Å². The van der Waals surface area contributed by atoms with Gasteiger partial charge in [-0.3, -0.25) is 4.57 Å². The molecule has 0 fully saturated rings. The summed E-state index contributed by atoms with van der Waals surface area (Å²) in [4.78, 5) is 0. The molecule has 0 aliphatic carbocycles. The first kappa shape index (κ1) is 15.9. The summed E-state index contributed by atoms with van der Waals surface area (Å²) >= 11 is 0. The van der Waals surface area contributed by atoms with Gasteiger partial charge in [0.15, 0.2) is 0 Å². The summed E-state index contributed by atoms with van der Waals surface area (Å²) in [6.07, 6.45) is 0. The smallest absolute Gasteiger partial charge is 0.296 e. The SMILES string of the molecule is COCCn1c(C(C)c2ccccc2)nnc1S(=O)(=O)Cl. The summed E-state index contributed by atoms with van der Waals surface area (Å²) in [7, 11) is 3.00. The minimum Gasteiger partial charge on any atom is -0.383 e. The number of methoxy groups -OCH3 is 1. The highest BCUT2D eigenvalue weighted by atomic mass is 35.7. The van der Waals surface area contributed by atoms with Crippen molar-refractivity contribution in [2.75, 3.05) is 13.7 Å². The zero-order valence-corrected chi connectivity index (χ0v) is 13.3. The fourth-order valence-electron chi connectivity index (χ4n) is 2.08. The summed E-state index contributed by atoms with van der Waals surface area (Å²) < 4.78 is 29.7. The maximum absolute atomic E-state index is 11.6. The predicted molar refractivity (Wildman–Crippen MR) is 78.9 cm³/mol. The second-order valence-corrected chi connectivity index (χ2v) is 7.02. The molecule has 6 nitrogen and oxygen atoms in total. The van der Waals surface area contributed by atoms with E-state index in [0.29, 0.717) is 19.0 Å². The highest BCUT2D eigenvalue weighted by Crippen LogP contribution is 2.25. The van der Waals surface area contributed by atoms with Crippen molar-refractivity contribution in [3.05, 3.63) is 41.7 Å². The second kappa shape index (κ2) is 6.55. The molecular weight excluding hydrogens is 314 g/mol. The molecule has 0 N–H and O–H groups in total. The molecule has 1 unspecified atom stereocenters. The fourth-order valence-corrected chi connectivity index (χ4v) is 3.01. The molecule has 2 rings (SSSR count). The molecule has 0 aliphatic heterocycles. The van der Waals surface area contributed by atoms with Gasteiger partial charge >= 0.3 is 0 Å². The van der Waals surface area contributed by atoms with Gasteiger partial charge in [0.05, 0.1) is 6.61 Å². The molecule has 0 saturated carbocycles. The van der Waals surface area contributed by atoms with Crippen molar-refractivity contribution in [3.63, 3.8) is 0 Å². The molecule has 1 heterocycles. The van der Waals surface area contributed by atoms with Gasteiger partial charge in [0.1, 0.15) is 5.82 Å². The highest BCUT2D eigenvalue weighted by Gasteiger charge is 2.25. The monoisotopic (exact) mass is 329 g/mol. The molecule has 0 aliphatic rings. The van der Waals surface area contributed by atoms with E-state index in [1.165, 1.54) is 4.57 Å². The van der Waals surface area contributed by atoms with Gasteiger partial charge in [0.25, 0.3) is 14.2 Å². The Labute approximate surface area is 128 Å². The van der Waals surface area contributed by atoms with E-state index in [0.717, 1.165) is 5.56 Å². The normalized spacial score (nSPS) is 13.3. The molecule has 0 bridgehead atoms. The summed E-state index contributed by atoms with van der Waals surface area (Å²) in [5.41, 5.74) is 1.02. The summed E-state index contributed by atoms with van der Waals surface area (Å²) in [6, 6.07) is 9.66. The zero-order chi connectivity index (χ0) is 15.5. The third kappa shape index (κ3) is 3.61. The molecule has 8 heteroatoms. The Morgan fingerprint density at radius 1 is 1.29 bits per heavy atom. The Bertz CT molecular complexity index is 701. The van der Waals surface area contributed by atoms with Gasteiger partial charge in [-0.2, -0.15) is 0 Å². The molecule has 114 valence electrons. The van der Waals surface area contributed by atoms with Crippen LogP contribution in [0.2, 0.25) is 0 Å². The molecule has 1 atom stereocenters. The van der Waals surface area contributed by atoms with E-state index in [1.807, 2.05) is 37.3 Å². The van der Waals surface area contributed by atoms with E-state index in [1.54, 1.807) is 7.11 Å². The molecule has 1 aromatic heterocycles. The molecule has 21 heavy (non-hydrogen) atoms. The Morgan fingerprint density at radius 2 is 1.95 bits per heavy atom. The predicted octanol–water partition coefficient (Wildman–Crippen LogP) is 2.00. The van der Waals surface area contributed by atoms with E-state index in [2.05, 4.69) is 10.2 Å². The van der Waals surface area contributed by atoms with E-state index in [9.17, 15) is 8.42 Å². The van der Waals surface area contributed by atoms with E-state index < -0.39 is 9.05 Å². The second-order valence-electron chi connectivity index (χ2n) is 4.56. The van der Waals surface area contributed by atoms with Crippen molar-refractivity contribution in [2.24, 2.45) is 0 Å². The summed E-state index contributed by atoms with van der Waals surface area (Å²) in [6.45, 7) is 2.59. The van der Waals surface area contributed by atoms with E-state index in [4.69, 9.17) is 15.4 Å². The van der Waals surface area contributed by atoms with Crippen LogP contribution in [0.4, 0.5) is 0 Å². The minimum atomic E-state index is -3.95. The Hall–Kier alpha value is -1.44. The van der Waals surface area contributed by atoms with E-state index in [-0.39, 0.29) is 11.1 Å². The number of hydrogen-bond donors (Lipinski definition) is 0. The first-order valence-corrected chi connectivity index (χ1v) is 8.67. The van der Waals surface area contributed by atoms with Gasteiger partial charge in [-0.15, -0.1) is 10.2 Å². The van der Waals surface area contributed by atoms with Crippen LogP contribution in [-0.2, 0) is 20.3 Å². The van der Waals surface area contributed by atoms with Gasteiger partial charge in [-0.25, -0.2) is 8.42 Å². The van der Waals surface area contributed by atoms with Gasteiger partial charge in [0, 0.05) is 30.3 Å². The Balaban J connectivity index is 2.46. The lowest BCUT2D eigenvalue weighted by Gasteiger charge is -2.14. The maximum Gasteiger partial charge on any atom is 0.296 e. The van der Waals surface area contributed by atoms with Crippen molar-refractivity contribution in [1.29, 1.82) is 0 Å². The van der Waals surface area contributed by atoms with E-state index >= 15 is 0 Å². The molecule has 1 aromatic carbocycles. The average molecular weight is 330 g/mol. The lowest BCUT2D eigenvalue weighted by atomic mass is 10.0. The summed E-state index contributed by atoms with van der Waals surface area (Å²) in [5.74, 6) is 0.431. The molecule has 0 radical (unpaired) electrons. The minimum absolute atomic E-state index is 0.109. The highest BCUT2D eigenvalue weighted by molar-refractivity contribution is 8.13. The Kier molecular flexibility index (Phi) is 4.97. The lowest BCUT2D eigenvalue weighted by molar-refractivity contribution is 0.183. The van der Waals surface area contributed by atoms with Crippen molar-refractivity contribution < 1.29 is 13.2 Å². The standard InChI is InChI=1S/C13H16ClN3O3S/c1-10(11-6-4-3-5-7-11)12-15-16-13(21(14,18)19)17(12)8-9-20-2/h3-7,10H,8-9H2,1-2H3. The fraction of sp³-hybridized carbons (Fsp3) is 0.385. The van der Waals surface area contributed by atoms with Crippen LogP contribution in [0.25, 0.3) is 0 Å².